The molecule has 5 nitrogen and oxygen atoms in total. The van der Waals surface area contributed by atoms with E-state index in [1.807, 2.05) is 43.0 Å². The molecule has 1 aromatic carbocycles. The van der Waals surface area contributed by atoms with Crippen molar-refractivity contribution < 1.29 is 9.53 Å². The minimum Gasteiger partial charge on any atom is -0.379 e. The van der Waals surface area contributed by atoms with Gasteiger partial charge in [0.2, 0.25) is 5.91 Å². The second kappa shape index (κ2) is 6.87. The van der Waals surface area contributed by atoms with E-state index in [1.54, 1.807) is 18.3 Å². The number of benzene rings is 1. The van der Waals surface area contributed by atoms with Crippen LogP contribution in [0.2, 0.25) is 0 Å². The summed E-state index contributed by atoms with van der Waals surface area (Å²) < 4.78 is 5.41. The number of aromatic nitrogens is 2. The van der Waals surface area contributed by atoms with Gasteiger partial charge in [0.05, 0.1) is 35.6 Å². The van der Waals surface area contributed by atoms with Gasteiger partial charge in [-0.25, -0.2) is 4.98 Å². The predicted octanol–water partition coefficient (Wildman–Crippen LogP) is 2.67. The van der Waals surface area contributed by atoms with Crippen LogP contribution in [0.5, 0.6) is 0 Å². The largest absolute Gasteiger partial charge is 0.379 e. The Morgan fingerprint density at radius 2 is 2.13 bits per heavy atom. The van der Waals surface area contributed by atoms with Crippen LogP contribution in [0, 0.1) is 0 Å². The van der Waals surface area contributed by atoms with E-state index in [4.69, 9.17) is 4.74 Å². The molecule has 0 bridgehead atoms. The molecule has 1 saturated heterocycles. The summed E-state index contributed by atoms with van der Waals surface area (Å²) in [5.41, 5.74) is 2.36. The van der Waals surface area contributed by atoms with Crippen molar-refractivity contribution in [2.24, 2.45) is 0 Å². The lowest BCUT2D eigenvalue weighted by molar-refractivity contribution is -0.130. The summed E-state index contributed by atoms with van der Waals surface area (Å²) in [5, 5.41) is 0. The first-order chi connectivity index (χ1) is 11.1. The van der Waals surface area contributed by atoms with Gasteiger partial charge in [-0.2, -0.15) is 0 Å². The van der Waals surface area contributed by atoms with Gasteiger partial charge in [0.25, 0.3) is 0 Å². The van der Waals surface area contributed by atoms with Crippen LogP contribution < -0.4 is 0 Å². The lowest BCUT2D eigenvalue weighted by Gasteiger charge is -2.30. The van der Waals surface area contributed by atoms with Crippen molar-refractivity contribution >= 4 is 23.0 Å². The number of carbonyl (C=O) groups excluding carboxylic acids is 1. The molecule has 3 rings (SSSR count). The maximum atomic E-state index is 12.5. The van der Waals surface area contributed by atoms with Crippen molar-refractivity contribution in [3.63, 3.8) is 0 Å². The van der Waals surface area contributed by atoms with E-state index in [9.17, 15) is 4.79 Å². The molecule has 0 aliphatic carbocycles. The van der Waals surface area contributed by atoms with Crippen LogP contribution in [0.25, 0.3) is 17.1 Å². The number of hydrogen-bond donors (Lipinski definition) is 0. The number of nitrogens with zero attached hydrogens (tertiary/aromatic N) is 3. The Labute approximate surface area is 136 Å². The highest BCUT2D eigenvalue weighted by Crippen LogP contribution is 2.17. The first kappa shape index (κ1) is 15.6. The number of amides is 1. The maximum Gasteiger partial charge on any atom is 0.247 e. The van der Waals surface area contributed by atoms with Gasteiger partial charge in [-0.1, -0.05) is 12.1 Å². The summed E-state index contributed by atoms with van der Waals surface area (Å²) in [6, 6.07) is 7.99. The molecule has 1 atom stereocenters. The molecule has 2 heterocycles. The average Bonchev–Trinajstić information content (AvgIpc) is 3.06. The Morgan fingerprint density at radius 1 is 1.35 bits per heavy atom. The molecule has 1 aliphatic rings. The van der Waals surface area contributed by atoms with Crippen molar-refractivity contribution in [3.05, 3.63) is 42.2 Å². The minimum atomic E-state index is -0.00883. The third kappa shape index (κ3) is 3.56. The molecule has 1 aromatic heterocycles. The van der Waals surface area contributed by atoms with E-state index >= 15 is 0 Å². The summed E-state index contributed by atoms with van der Waals surface area (Å²) in [5.74, 6) is -0.00883. The average molecular weight is 311 g/mol. The van der Waals surface area contributed by atoms with Gasteiger partial charge >= 0.3 is 0 Å². The molecule has 1 amide bonds. The molecule has 5 heteroatoms. The minimum absolute atomic E-state index is 0.00883. The number of para-hydroxylation sites is 2. The van der Waals surface area contributed by atoms with Crippen LogP contribution in [0.15, 0.2) is 36.5 Å². The highest BCUT2D eigenvalue weighted by molar-refractivity contribution is 5.92. The highest BCUT2D eigenvalue weighted by atomic mass is 16.5. The Bertz CT molecular complexity index is 721. The molecule has 2 aromatic rings. The monoisotopic (exact) mass is 311 g/mol. The molecule has 1 unspecified atom stereocenters. The lowest BCUT2D eigenvalue weighted by Crippen LogP contribution is -2.44. The van der Waals surface area contributed by atoms with Gasteiger partial charge in [-0.15, -0.1) is 0 Å². The fourth-order valence-corrected chi connectivity index (χ4v) is 2.89. The molecular weight excluding hydrogens is 290 g/mol. The summed E-state index contributed by atoms with van der Waals surface area (Å²) >= 11 is 0. The van der Waals surface area contributed by atoms with Crippen LogP contribution >= 0.6 is 0 Å². The third-order valence-electron chi connectivity index (χ3n) is 3.97. The van der Waals surface area contributed by atoms with Crippen molar-refractivity contribution in [3.8, 4) is 0 Å². The maximum absolute atomic E-state index is 12.5. The fraction of sp³-hybridized carbons (Fsp3) is 0.389. The molecule has 1 aliphatic heterocycles. The molecular formula is C18H21N3O2. The van der Waals surface area contributed by atoms with E-state index in [2.05, 4.69) is 9.97 Å². The molecule has 0 saturated carbocycles. The summed E-state index contributed by atoms with van der Waals surface area (Å²) in [6.07, 6.45) is 5.89. The zero-order valence-electron chi connectivity index (χ0n) is 13.5. The van der Waals surface area contributed by atoms with Gasteiger partial charge in [0, 0.05) is 18.7 Å². The highest BCUT2D eigenvalue weighted by Gasteiger charge is 2.28. The Morgan fingerprint density at radius 3 is 2.83 bits per heavy atom. The van der Waals surface area contributed by atoms with Crippen molar-refractivity contribution in [2.45, 2.75) is 32.4 Å². The van der Waals surface area contributed by atoms with Crippen LogP contribution in [0.1, 0.15) is 26.0 Å². The van der Waals surface area contributed by atoms with Gasteiger partial charge in [0.1, 0.15) is 0 Å². The second-order valence-corrected chi connectivity index (χ2v) is 5.97. The first-order valence-corrected chi connectivity index (χ1v) is 7.95. The van der Waals surface area contributed by atoms with Crippen LogP contribution in [-0.2, 0) is 9.53 Å². The van der Waals surface area contributed by atoms with E-state index in [0.717, 1.165) is 24.1 Å². The molecule has 1 fully saturated rings. The van der Waals surface area contributed by atoms with Crippen molar-refractivity contribution in [1.29, 1.82) is 0 Å². The van der Waals surface area contributed by atoms with Crippen molar-refractivity contribution in [2.75, 3.05) is 13.2 Å². The normalized spacial score (nSPS) is 18.1. The Kier molecular flexibility index (Phi) is 4.67. The van der Waals surface area contributed by atoms with E-state index in [-0.39, 0.29) is 18.0 Å². The summed E-state index contributed by atoms with van der Waals surface area (Å²) in [4.78, 5) is 23.3. The van der Waals surface area contributed by atoms with Gasteiger partial charge in [-0.3, -0.25) is 9.78 Å². The van der Waals surface area contributed by atoms with E-state index < -0.39 is 0 Å². The number of carbonyl (C=O) groups is 1. The smallest absolute Gasteiger partial charge is 0.247 e. The quantitative estimate of drug-likeness (QED) is 0.815. The fourth-order valence-electron chi connectivity index (χ4n) is 2.89. The lowest BCUT2D eigenvalue weighted by atomic mass is 10.1. The van der Waals surface area contributed by atoms with Crippen molar-refractivity contribution in [1.82, 2.24) is 14.9 Å². The standard InChI is InChI=1S/C18H21N3O2/c1-13(2)21(15-9-10-23-12-15)18(22)8-7-14-11-19-16-5-3-4-6-17(16)20-14/h3-8,11,13,15H,9-10,12H2,1-2H3/b8-7+. The number of hydrogen-bond acceptors (Lipinski definition) is 4. The molecule has 0 radical (unpaired) electrons. The molecule has 120 valence electrons. The Hall–Kier alpha value is -2.27. The Balaban J connectivity index is 1.77. The van der Waals surface area contributed by atoms with Crippen LogP contribution in [0.4, 0.5) is 0 Å². The predicted molar refractivity (Wildman–Crippen MR) is 89.8 cm³/mol. The van der Waals surface area contributed by atoms with E-state index in [1.165, 1.54) is 0 Å². The van der Waals surface area contributed by atoms with Crippen LogP contribution in [0.3, 0.4) is 0 Å². The topological polar surface area (TPSA) is 55.3 Å². The summed E-state index contributed by atoms with van der Waals surface area (Å²) in [6.45, 7) is 5.40. The number of ether oxygens (including phenoxy) is 1. The molecule has 0 spiro atoms. The zero-order valence-corrected chi connectivity index (χ0v) is 13.5. The molecule has 0 N–H and O–H groups in total. The van der Waals surface area contributed by atoms with Crippen LogP contribution in [-0.4, -0.2) is 46.1 Å². The number of fused-ring (bicyclic) bond motifs is 1. The van der Waals surface area contributed by atoms with Gasteiger partial charge < -0.3 is 9.64 Å². The second-order valence-electron chi connectivity index (χ2n) is 5.97. The zero-order chi connectivity index (χ0) is 16.2. The SMILES string of the molecule is CC(C)N(C(=O)/C=C/c1cnc2ccccc2n1)C1CCOC1. The van der Waals surface area contributed by atoms with E-state index in [0.29, 0.717) is 12.3 Å². The molecule has 23 heavy (non-hydrogen) atoms. The van der Waals surface area contributed by atoms with Gasteiger partial charge in [0.15, 0.2) is 0 Å². The number of rotatable bonds is 4. The third-order valence-corrected chi connectivity index (χ3v) is 3.97. The summed E-state index contributed by atoms with van der Waals surface area (Å²) in [7, 11) is 0. The van der Waals surface area contributed by atoms with Gasteiger partial charge in [-0.05, 0) is 38.5 Å². The first-order valence-electron chi connectivity index (χ1n) is 7.95.